The number of amides is 3. The van der Waals surface area contributed by atoms with Gasteiger partial charge in [0.05, 0.1) is 4.92 Å². The molecule has 0 bridgehead atoms. The molecule has 0 aliphatic carbocycles. The molecule has 0 radical (unpaired) electrons. The van der Waals surface area contributed by atoms with Gasteiger partial charge in [-0.2, -0.15) is 0 Å². The molecule has 0 heterocycles. The summed E-state index contributed by atoms with van der Waals surface area (Å²) in [6.45, 7) is 2.99. The molecule has 2 aromatic rings. The highest BCUT2D eigenvalue weighted by Gasteiger charge is 2.13. The van der Waals surface area contributed by atoms with Gasteiger partial charge in [-0.25, -0.2) is 0 Å². The van der Waals surface area contributed by atoms with Crippen molar-refractivity contribution in [1.82, 2.24) is 5.32 Å². The van der Waals surface area contributed by atoms with Gasteiger partial charge in [0.2, 0.25) is 11.8 Å². The number of hydrogen-bond donors (Lipinski definition) is 3. The van der Waals surface area contributed by atoms with Crippen molar-refractivity contribution in [3.8, 4) is 0 Å². The minimum absolute atomic E-state index is 0.0682. The van der Waals surface area contributed by atoms with E-state index in [-0.39, 0.29) is 17.3 Å². The van der Waals surface area contributed by atoms with Crippen molar-refractivity contribution in [3.05, 3.63) is 69.9 Å². The summed E-state index contributed by atoms with van der Waals surface area (Å²) in [6, 6.07) is 12.1. The van der Waals surface area contributed by atoms with Gasteiger partial charge < -0.3 is 16.0 Å². The van der Waals surface area contributed by atoms with Crippen LogP contribution in [0, 0.1) is 10.1 Å². The largest absolute Gasteiger partial charge is 0.326 e. The minimum atomic E-state index is -0.600. The van der Waals surface area contributed by atoms with Gasteiger partial charge in [0.1, 0.15) is 5.70 Å². The van der Waals surface area contributed by atoms with Crippen LogP contribution in [0.3, 0.4) is 0 Å². The Morgan fingerprint density at radius 3 is 2.21 bits per heavy atom. The number of anilines is 2. The van der Waals surface area contributed by atoms with E-state index in [0.29, 0.717) is 23.4 Å². The van der Waals surface area contributed by atoms with Gasteiger partial charge >= 0.3 is 0 Å². The van der Waals surface area contributed by atoms with Gasteiger partial charge in [0, 0.05) is 36.9 Å². The number of nitrogens with one attached hydrogen (secondary N) is 3. The number of benzene rings is 2. The van der Waals surface area contributed by atoms with Crippen molar-refractivity contribution in [2.45, 2.75) is 20.3 Å². The van der Waals surface area contributed by atoms with E-state index in [2.05, 4.69) is 16.0 Å². The molecule has 3 N–H and O–H groups in total. The molecule has 9 heteroatoms. The smallest absolute Gasteiger partial charge is 0.272 e. The summed E-state index contributed by atoms with van der Waals surface area (Å²) in [5.41, 5.74) is 1.21. The molecule has 9 nitrogen and oxygen atoms in total. The molecule has 0 saturated carbocycles. The highest BCUT2D eigenvalue weighted by molar-refractivity contribution is 6.08. The third-order valence-corrected chi connectivity index (χ3v) is 3.69. The van der Waals surface area contributed by atoms with E-state index in [1.165, 1.54) is 31.2 Å². The predicted octanol–water partition coefficient (Wildman–Crippen LogP) is 3.06. The summed E-state index contributed by atoms with van der Waals surface area (Å²) in [5.74, 6) is -1.19. The van der Waals surface area contributed by atoms with Crippen LogP contribution in [0.4, 0.5) is 17.1 Å². The molecule has 150 valence electrons. The van der Waals surface area contributed by atoms with Crippen molar-refractivity contribution >= 4 is 40.9 Å². The molecule has 0 unspecified atom stereocenters. The number of nitrogens with zero attached hydrogens (tertiary/aromatic N) is 1. The van der Waals surface area contributed by atoms with Crippen LogP contribution in [0.25, 0.3) is 6.08 Å². The molecular weight excluding hydrogens is 376 g/mol. The van der Waals surface area contributed by atoms with E-state index < -0.39 is 16.7 Å². The average Bonchev–Trinajstić information content (AvgIpc) is 2.68. The molecule has 0 atom stereocenters. The van der Waals surface area contributed by atoms with Crippen molar-refractivity contribution in [1.29, 1.82) is 0 Å². The van der Waals surface area contributed by atoms with Crippen molar-refractivity contribution in [2.24, 2.45) is 0 Å². The van der Waals surface area contributed by atoms with Gasteiger partial charge in [-0.3, -0.25) is 24.5 Å². The zero-order chi connectivity index (χ0) is 21.4. The molecule has 0 spiro atoms. The Morgan fingerprint density at radius 2 is 1.66 bits per heavy atom. The summed E-state index contributed by atoms with van der Waals surface area (Å²) in [7, 11) is 0. The second kappa shape index (κ2) is 9.79. The normalized spacial score (nSPS) is 10.8. The lowest BCUT2D eigenvalue weighted by atomic mass is 10.1. The van der Waals surface area contributed by atoms with Crippen molar-refractivity contribution < 1.29 is 19.3 Å². The first-order valence-corrected chi connectivity index (χ1v) is 8.73. The first kappa shape index (κ1) is 21.3. The van der Waals surface area contributed by atoms with Crippen LogP contribution < -0.4 is 16.0 Å². The standard InChI is InChI=1S/C20H20N4O5/c1-3-19(26)22-15-7-9-16(10-8-15)23-20(27)18(21-13(2)25)12-14-5-4-6-17(11-14)24(28)29/h4-12H,3H2,1-2H3,(H,21,25)(H,22,26)(H,23,27)/b18-12-. The fraction of sp³-hybridized carbons (Fsp3) is 0.150. The molecule has 2 rings (SSSR count). The average molecular weight is 396 g/mol. The quantitative estimate of drug-likeness (QED) is 0.376. The van der Waals surface area contributed by atoms with Crippen LogP contribution in [-0.4, -0.2) is 22.6 Å². The molecule has 0 aliphatic heterocycles. The van der Waals surface area contributed by atoms with E-state index in [9.17, 15) is 24.5 Å². The number of rotatable bonds is 7. The number of nitro benzene ring substituents is 1. The first-order valence-electron chi connectivity index (χ1n) is 8.73. The highest BCUT2D eigenvalue weighted by atomic mass is 16.6. The lowest BCUT2D eigenvalue weighted by molar-refractivity contribution is -0.384. The minimum Gasteiger partial charge on any atom is -0.326 e. The maximum absolute atomic E-state index is 12.6. The number of hydrogen-bond acceptors (Lipinski definition) is 5. The molecule has 29 heavy (non-hydrogen) atoms. The molecule has 0 saturated heterocycles. The molecular formula is C20H20N4O5. The van der Waals surface area contributed by atoms with Gasteiger partial charge in [0.25, 0.3) is 11.6 Å². The summed E-state index contributed by atoms with van der Waals surface area (Å²) in [6.07, 6.45) is 1.70. The second-order valence-corrected chi connectivity index (χ2v) is 6.02. The number of nitro groups is 1. The van der Waals surface area contributed by atoms with Gasteiger partial charge in [0.15, 0.2) is 0 Å². The maximum atomic E-state index is 12.6. The summed E-state index contributed by atoms with van der Waals surface area (Å²) in [5, 5.41) is 18.7. The Balaban J connectivity index is 2.21. The summed E-state index contributed by atoms with van der Waals surface area (Å²) in [4.78, 5) is 45.8. The highest BCUT2D eigenvalue weighted by Crippen LogP contribution is 2.17. The van der Waals surface area contributed by atoms with Crippen LogP contribution >= 0.6 is 0 Å². The monoisotopic (exact) mass is 396 g/mol. The van der Waals surface area contributed by atoms with E-state index in [0.717, 1.165) is 0 Å². The Labute approximate surface area is 167 Å². The van der Waals surface area contributed by atoms with Gasteiger partial charge in [-0.15, -0.1) is 0 Å². The fourth-order valence-corrected chi connectivity index (χ4v) is 2.33. The maximum Gasteiger partial charge on any atom is 0.272 e. The van der Waals surface area contributed by atoms with Crippen LogP contribution in [0.1, 0.15) is 25.8 Å². The lowest BCUT2D eigenvalue weighted by Crippen LogP contribution is -2.28. The first-order chi connectivity index (χ1) is 13.8. The van der Waals surface area contributed by atoms with E-state index in [1.54, 1.807) is 37.3 Å². The fourth-order valence-electron chi connectivity index (χ4n) is 2.33. The molecule has 3 amide bonds. The number of non-ortho nitro benzene ring substituents is 1. The molecule has 0 aromatic heterocycles. The Bertz CT molecular complexity index is 967. The van der Waals surface area contributed by atoms with E-state index >= 15 is 0 Å². The third-order valence-electron chi connectivity index (χ3n) is 3.69. The summed E-state index contributed by atoms with van der Waals surface area (Å²) >= 11 is 0. The third kappa shape index (κ3) is 6.58. The van der Waals surface area contributed by atoms with Crippen LogP contribution in [-0.2, 0) is 14.4 Å². The molecule has 2 aromatic carbocycles. The number of carbonyl (C=O) groups excluding carboxylic acids is 3. The van der Waals surface area contributed by atoms with E-state index in [1.807, 2.05) is 0 Å². The Kier molecular flexibility index (Phi) is 7.19. The molecule has 0 aliphatic rings. The van der Waals surface area contributed by atoms with Crippen LogP contribution in [0.5, 0.6) is 0 Å². The van der Waals surface area contributed by atoms with Crippen molar-refractivity contribution in [2.75, 3.05) is 10.6 Å². The second-order valence-electron chi connectivity index (χ2n) is 6.02. The van der Waals surface area contributed by atoms with Gasteiger partial charge in [-0.1, -0.05) is 19.1 Å². The summed E-state index contributed by atoms with van der Waals surface area (Å²) < 4.78 is 0. The van der Waals surface area contributed by atoms with Gasteiger partial charge in [-0.05, 0) is 35.9 Å². The topological polar surface area (TPSA) is 130 Å². The lowest BCUT2D eigenvalue weighted by Gasteiger charge is -2.11. The van der Waals surface area contributed by atoms with E-state index in [4.69, 9.17) is 0 Å². The predicted molar refractivity (Wildman–Crippen MR) is 109 cm³/mol. The number of carbonyl (C=O) groups is 3. The molecule has 0 fully saturated rings. The van der Waals surface area contributed by atoms with Crippen molar-refractivity contribution in [3.63, 3.8) is 0 Å². The SMILES string of the molecule is CCC(=O)Nc1ccc(NC(=O)/C(=C/c2cccc([N+](=O)[O-])c2)NC(C)=O)cc1. The van der Waals surface area contributed by atoms with Crippen LogP contribution in [0.15, 0.2) is 54.2 Å². The van der Waals surface area contributed by atoms with Crippen LogP contribution in [0.2, 0.25) is 0 Å². The Morgan fingerprint density at radius 1 is 1.03 bits per heavy atom. The zero-order valence-corrected chi connectivity index (χ0v) is 15.9. The Hall–Kier alpha value is -4.01. The zero-order valence-electron chi connectivity index (χ0n) is 15.9.